The van der Waals surface area contributed by atoms with Gasteiger partial charge in [-0.15, -0.1) is 0 Å². The van der Waals surface area contributed by atoms with Crippen molar-refractivity contribution < 1.29 is 23.1 Å². The number of benzene rings is 1. The van der Waals surface area contributed by atoms with Gasteiger partial charge in [0.05, 0.1) is 5.02 Å². The zero-order valence-electron chi connectivity index (χ0n) is 7.81. The monoisotopic (exact) mass is 253 g/mol. The van der Waals surface area contributed by atoms with Crippen molar-refractivity contribution in [1.82, 2.24) is 0 Å². The molecule has 0 saturated heterocycles. The van der Waals surface area contributed by atoms with E-state index < -0.39 is 18.5 Å². The molecule has 0 radical (unpaired) electrons. The van der Waals surface area contributed by atoms with Crippen molar-refractivity contribution in [2.75, 3.05) is 5.32 Å². The number of rotatable bonds is 2. The van der Waals surface area contributed by atoms with Gasteiger partial charge in [0.1, 0.15) is 12.2 Å². The first kappa shape index (κ1) is 12.6. The molecule has 16 heavy (non-hydrogen) atoms. The van der Waals surface area contributed by atoms with Crippen LogP contribution in [0.3, 0.4) is 0 Å². The molecule has 0 unspecified atom stereocenters. The highest BCUT2D eigenvalue weighted by Crippen LogP contribution is 2.27. The molecule has 7 heteroatoms. The van der Waals surface area contributed by atoms with Gasteiger partial charge >= 0.3 is 6.18 Å². The minimum absolute atomic E-state index is 0.0511. The lowest BCUT2D eigenvalue weighted by atomic mass is 10.3. The number of hydrogen-bond acceptors (Lipinski definition) is 2. The second-order valence-electron chi connectivity index (χ2n) is 3.01. The standard InChI is InChI=1S/C9H7ClF3NO2/c10-6-3-5(1-2-7(6)15)14-8(16)4-9(11,12)13/h1-3,15H,4H2,(H,14,16). The SMILES string of the molecule is O=C(CC(F)(F)F)Nc1ccc(O)c(Cl)c1. The van der Waals surface area contributed by atoms with E-state index in [0.29, 0.717) is 0 Å². The number of halogens is 4. The van der Waals surface area contributed by atoms with Crippen molar-refractivity contribution in [2.45, 2.75) is 12.6 Å². The van der Waals surface area contributed by atoms with Gasteiger partial charge in [0, 0.05) is 5.69 Å². The van der Waals surface area contributed by atoms with Gasteiger partial charge in [-0.25, -0.2) is 0 Å². The van der Waals surface area contributed by atoms with E-state index in [1.165, 1.54) is 12.1 Å². The van der Waals surface area contributed by atoms with Crippen LogP contribution in [0.2, 0.25) is 5.02 Å². The van der Waals surface area contributed by atoms with Gasteiger partial charge in [-0.3, -0.25) is 4.79 Å². The van der Waals surface area contributed by atoms with Gasteiger partial charge in [0.2, 0.25) is 5.91 Å². The molecule has 0 spiro atoms. The zero-order valence-corrected chi connectivity index (χ0v) is 8.56. The Morgan fingerprint density at radius 3 is 2.56 bits per heavy atom. The van der Waals surface area contributed by atoms with E-state index in [4.69, 9.17) is 16.7 Å². The molecule has 1 aromatic rings. The van der Waals surface area contributed by atoms with E-state index >= 15 is 0 Å². The number of phenolic OH excluding ortho intramolecular Hbond substituents is 1. The summed E-state index contributed by atoms with van der Waals surface area (Å²) >= 11 is 5.51. The lowest BCUT2D eigenvalue weighted by molar-refractivity contribution is -0.150. The molecule has 0 heterocycles. The van der Waals surface area contributed by atoms with E-state index in [0.717, 1.165) is 6.07 Å². The third-order valence-corrected chi connectivity index (χ3v) is 1.90. The highest BCUT2D eigenvalue weighted by atomic mass is 35.5. The van der Waals surface area contributed by atoms with E-state index in [9.17, 15) is 18.0 Å². The number of carbonyl (C=O) groups is 1. The first-order valence-corrected chi connectivity index (χ1v) is 4.51. The fraction of sp³-hybridized carbons (Fsp3) is 0.222. The van der Waals surface area contributed by atoms with Crippen molar-refractivity contribution in [1.29, 1.82) is 0 Å². The quantitative estimate of drug-likeness (QED) is 0.796. The van der Waals surface area contributed by atoms with E-state index in [2.05, 4.69) is 0 Å². The minimum atomic E-state index is -4.55. The largest absolute Gasteiger partial charge is 0.506 e. The molecule has 0 fully saturated rings. The maximum atomic E-state index is 11.8. The van der Waals surface area contributed by atoms with Crippen LogP contribution in [0.5, 0.6) is 5.75 Å². The predicted molar refractivity (Wildman–Crippen MR) is 52.4 cm³/mol. The molecular formula is C9H7ClF3NO2. The molecule has 2 N–H and O–H groups in total. The number of carbonyl (C=O) groups excluding carboxylic acids is 1. The van der Waals surface area contributed by atoms with Crippen LogP contribution in [0, 0.1) is 0 Å². The molecule has 0 aliphatic heterocycles. The number of aromatic hydroxyl groups is 1. The van der Waals surface area contributed by atoms with Crippen molar-refractivity contribution in [3.63, 3.8) is 0 Å². The Kier molecular flexibility index (Phi) is 3.64. The van der Waals surface area contributed by atoms with Gasteiger partial charge in [-0.1, -0.05) is 11.6 Å². The summed E-state index contributed by atoms with van der Waals surface area (Å²) in [5.74, 6) is -1.40. The van der Waals surface area contributed by atoms with Crippen LogP contribution in [0.1, 0.15) is 6.42 Å². The van der Waals surface area contributed by atoms with Crippen molar-refractivity contribution in [3.8, 4) is 5.75 Å². The molecular weight excluding hydrogens is 247 g/mol. The molecule has 3 nitrogen and oxygen atoms in total. The first-order valence-electron chi connectivity index (χ1n) is 4.13. The normalized spacial score (nSPS) is 11.2. The molecule has 0 atom stereocenters. The molecule has 0 bridgehead atoms. The van der Waals surface area contributed by atoms with Gasteiger partial charge in [-0.2, -0.15) is 13.2 Å². The number of anilines is 1. The lowest BCUT2D eigenvalue weighted by Gasteiger charge is -2.08. The van der Waals surface area contributed by atoms with E-state index in [1.54, 1.807) is 0 Å². The smallest absolute Gasteiger partial charge is 0.397 e. The summed E-state index contributed by atoms with van der Waals surface area (Å²) in [5.41, 5.74) is 0.0945. The highest BCUT2D eigenvalue weighted by Gasteiger charge is 2.31. The van der Waals surface area contributed by atoms with Crippen LogP contribution >= 0.6 is 11.6 Å². The van der Waals surface area contributed by atoms with Crippen LogP contribution in [0.25, 0.3) is 0 Å². The Balaban J connectivity index is 2.67. The Bertz CT molecular complexity index is 406. The zero-order chi connectivity index (χ0) is 12.3. The molecule has 88 valence electrons. The number of amides is 1. The molecule has 0 saturated carbocycles. The predicted octanol–water partition coefficient (Wildman–Crippen LogP) is 2.94. The molecule has 1 aromatic carbocycles. The Morgan fingerprint density at radius 2 is 2.06 bits per heavy atom. The third kappa shape index (κ3) is 3.98. The number of nitrogens with one attached hydrogen (secondary N) is 1. The molecule has 0 aliphatic rings. The van der Waals surface area contributed by atoms with Crippen LogP contribution in [0.4, 0.5) is 18.9 Å². The van der Waals surface area contributed by atoms with Crippen LogP contribution in [-0.4, -0.2) is 17.2 Å². The number of phenols is 1. The number of hydrogen-bond donors (Lipinski definition) is 2. The van der Waals surface area contributed by atoms with Crippen LogP contribution < -0.4 is 5.32 Å². The second kappa shape index (κ2) is 4.61. The molecule has 1 amide bonds. The van der Waals surface area contributed by atoms with Crippen LogP contribution in [0.15, 0.2) is 18.2 Å². The maximum absolute atomic E-state index is 11.8. The van der Waals surface area contributed by atoms with Gasteiger partial charge in [-0.05, 0) is 18.2 Å². The van der Waals surface area contributed by atoms with Gasteiger partial charge in [0.25, 0.3) is 0 Å². The summed E-state index contributed by atoms with van der Waals surface area (Å²) in [6.45, 7) is 0. The van der Waals surface area contributed by atoms with Crippen molar-refractivity contribution in [3.05, 3.63) is 23.2 Å². The average Bonchev–Trinajstić information content (AvgIpc) is 2.08. The van der Waals surface area contributed by atoms with Crippen LogP contribution in [-0.2, 0) is 4.79 Å². The fourth-order valence-electron chi connectivity index (χ4n) is 0.972. The summed E-state index contributed by atoms with van der Waals surface area (Å²) in [6.07, 6.45) is -6.11. The molecule has 0 aliphatic carbocycles. The van der Waals surface area contributed by atoms with E-state index in [-0.39, 0.29) is 16.5 Å². The molecule has 0 aromatic heterocycles. The Morgan fingerprint density at radius 1 is 1.44 bits per heavy atom. The third-order valence-electron chi connectivity index (χ3n) is 1.59. The summed E-state index contributed by atoms with van der Waals surface area (Å²) in [5, 5.41) is 11.0. The summed E-state index contributed by atoms with van der Waals surface area (Å²) in [7, 11) is 0. The van der Waals surface area contributed by atoms with Gasteiger partial charge in [0.15, 0.2) is 0 Å². The minimum Gasteiger partial charge on any atom is -0.506 e. The highest BCUT2D eigenvalue weighted by molar-refractivity contribution is 6.32. The molecule has 1 rings (SSSR count). The van der Waals surface area contributed by atoms with E-state index in [1.807, 2.05) is 5.32 Å². The summed E-state index contributed by atoms with van der Waals surface area (Å²) in [4.78, 5) is 10.9. The maximum Gasteiger partial charge on any atom is 0.397 e. The van der Waals surface area contributed by atoms with Gasteiger partial charge < -0.3 is 10.4 Å². The first-order chi connectivity index (χ1) is 7.28. The Hall–Kier alpha value is -1.43. The Labute approximate surface area is 93.8 Å². The fourth-order valence-corrected chi connectivity index (χ4v) is 1.15. The summed E-state index contributed by atoms with van der Waals surface area (Å²) < 4.78 is 35.5. The lowest BCUT2D eigenvalue weighted by Crippen LogP contribution is -2.21. The van der Waals surface area contributed by atoms with Crippen molar-refractivity contribution >= 4 is 23.2 Å². The number of alkyl halides is 3. The van der Waals surface area contributed by atoms with Crippen molar-refractivity contribution in [2.24, 2.45) is 0 Å². The topological polar surface area (TPSA) is 49.3 Å². The summed E-state index contributed by atoms with van der Waals surface area (Å²) in [6, 6.07) is 3.58. The average molecular weight is 254 g/mol. The second-order valence-corrected chi connectivity index (χ2v) is 3.41.